The van der Waals surface area contributed by atoms with Gasteiger partial charge in [-0.1, -0.05) is 38.1 Å². The van der Waals surface area contributed by atoms with Gasteiger partial charge in [-0.3, -0.25) is 0 Å². The summed E-state index contributed by atoms with van der Waals surface area (Å²) in [6.45, 7) is 7.23. The zero-order chi connectivity index (χ0) is 15.8. The molecular formula is C19H26O3. The molecule has 1 fully saturated rings. The van der Waals surface area contributed by atoms with E-state index < -0.39 is 0 Å². The molecule has 3 atom stereocenters. The SMILES string of the molecule is COc1ccc(CO[C@@H]2C[C@@]3(C(C)C)CC=C[C@]2(C)O3)cc1. The van der Waals surface area contributed by atoms with E-state index >= 15 is 0 Å². The molecule has 2 bridgehead atoms. The lowest BCUT2D eigenvalue weighted by Crippen LogP contribution is -2.41. The number of hydrogen-bond donors (Lipinski definition) is 0. The van der Waals surface area contributed by atoms with E-state index in [4.69, 9.17) is 14.2 Å². The standard InChI is InChI=1S/C19H26O3/c1-14(2)19-11-5-10-18(3,22-19)17(12-19)21-13-15-6-8-16(20-4)9-7-15/h5-10,14,17H,11-13H2,1-4H3/t17-,18+,19-/m1/s1. The first kappa shape index (κ1) is 15.6. The van der Waals surface area contributed by atoms with Gasteiger partial charge in [-0.15, -0.1) is 0 Å². The first-order valence-corrected chi connectivity index (χ1v) is 8.10. The lowest BCUT2D eigenvalue weighted by Gasteiger charge is -2.37. The zero-order valence-corrected chi connectivity index (χ0v) is 14.0. The summed E-state index contributed by atoms with van der Waals surface area (Å²) in [4.78, 5) is 0. The van der Waals surface area contributed by atoms with Gasteiger partial charge >= 0.3 is 0 Å². The number of methoxy groups -OCH3 is 1. The van der Waals surface area contributed by atoms with Crippen molar-refractivity contribution in [3.05, 3.63) is 42.0 Å². The van der Waals surface area contributed by atoms with E-state index in [1.165, 1.54) is 0 Å². The van der Waals surface area contributed by atoms with Crippen LogP contribution >= 0.6 is 0 Å². The lowest BCUT2D eigenvalue weighted by atomic mass is 9.84. The first-order valence-electron chi connectivity index (χ1n) is 8.10. The summed E-state index contributed by atoms with van der Waals surface area (Å²) >= 11 is 0. The predicted octanol–water partition coefficient (Wildman–Crippen LogP) is 4.11. The third-order valence-electron chi connectivity index (χ3n) is 5.17. The van der Waals surface area contributed by atoms with Crippen molar-refractivity contribution < 1.29 is 14.2 Å². The predicted molar refractivity (Wildman–Crippen MR) is 87.0 cm³/mol. The number of ether oxygens (including phenoxy) is 3. The molecule has 0 aliphatic carbocycles. The third kappa shape index (κ3) is 2.68. The number of fused-ring (bicyclic) bond motifs is 2. The van der Waals surface area contributed by atoms with Crippen LogP contribution in [-0.2, 0) is 16.1 Å². The molecular weight excluding hydrogens is 276 g/mol. The first-order chi connectivity index (χ1) is 10.5. The zero-order valence-electron chi connectivity index (χ0n) is 14.0. The molecule has 1 saturated heterocycles. The van der Waals surface area contributed by atoms with E-state index in [1.54, 1.807) is 7.11 Å². The van der Waals surface area contributed by atoms with Crippen molar-refractivity contribution in [1.82, 2.24) is 0 Å². The summed E-state index contributed by atoms with van der Waals surface area (Å²) in [6.07, 6.45) is 6.50. The second-order valence-electron chi connectivity index (χ2n) is 6.96. The van der Waals surface area contributed by atoms with E-state index in [2.05, 4.69) is 45.1 Å². The van der Waals surface area contributed by atoms with Gasteiger partial charge in [-0.05, 0) is 37.0 Å². The molecule has 0 unspecified atom stereocenters. The van der Waals surface area contributed by atoms with Gasteiger partial charge in [0.05, 0.1) is 25.4 Å². The largest absolute Gasteiger partial charge is 0.497 e. The monoisotopic (exact) mass is 302 g/mol. The second kappa shape index (κ2) is 5.71. The summed E-state index contributed by atoms with van der Waals surface area (Å²) < 4.78 is 17.9. The van der Waals surface area contributed by atoms with Crippen LogP contribution in [0.2, 0.25) is 0 Å². The number of hydrogen-bond acceptors (Lipinski definition) is 3. The van der Waals surface area contributed by atoms with Crippen LogP contribution in [0.5, 0.6) is 5.75 Å². The van der Waals surface area contributed by atoms with E-state index in [0.717, 1.165) is 24.2 Å². The molecule has 3 heteroatoms. The number of benzene rings is 1. The van der Waals surface area contributed by atoms with Crippen LogP contribution in [0.15, 0.2) is 36.4 Å². The molecule has 3 nitrogen and oxygen atoms in total. The van der Waals surface area contributed by atoms with Crippen molar-refractivity contribution in [3.8, 4) is 5.75 Å². The molecule has 3 rings (SSSR count). The van der Waals surface area contributed by atoms with Crippen molar-refractivity contribution in [3.63, 3.8) is 0 Å². The minimum absolute atomic E-state index is 0.0614. The Bertz CT molecular complexity index is 548. The summed E-state index contributed by atoms with van der Waals surface area (Å²) in [5.41, 5.74) is 0.803. The summed E-state index contributed by atoms with van der Waals surface area (Å²) in [7, 11) is 1.68. The minimum atomic E-state index is -0.297. The summed E-state index contributed by atoms with van der Waals surface area (Å²) in [6, 6.07) is 8.05. The van der Waals surface area contributed by atoms with Gasteiger partial charge in [0, 0.05) is 6.42 Å². The Hall–Kier alpha value is -1.32. The summed E-state index contributed by atoms with van der Waals surface area (Å²) in [5, 5.41) is 0. The van der Waals surface area contributed by atoms with Gasteiger partial charge < -0.3 is 14.2 Å². The van der Waals surface area contributed by atoms with Gasteiger partial charge in [-0.2, -0.15) is 0 Å². The van der Waals surface area contributed by atoms with Crippen LogP contribution in [0.25, 0.3) is 0 Å². The average Bonchev–Trinajstić information content (AvgIpc) is 2.72. The van der Waals surface area contributed by atoms with Crippen LogP contribution in [0.4, 0.5) is 0 Å². The molecule has 0 radical (unpaired) electrons. The minimum Gasteiger partial charge on any atom is -0.497 e. The highest BCUT2D eigenvalue weighted by molar-refractivity contribution is 5.27. The molecule has 22 heavy (non-hydrogen) atoms. The molecule has 0 amide bonds. The molecule has 2 aliphatic rings. The molecule has 1 aromatic rings. The fraction of sp³-hybridized carbons (Fsp3) is 0.579. The van der Waals surface area contributed by atoms with Gasteiger partial charge in [0.2, 0.25) is 0 Å². The average molecular weight is 302 g/mol. The Kier molecular flexibility index (Phi) is 4.04. The quantitative estimate of drug-likeness (QED) is 0.766. The molecule has 2 aliphatic heterocycles. The molecule has 0 aromatic heterocycles. The smallest absolute Gasteiger partial charge is 0.118 e. The lowest BCUT2D eigenvalue weighted by molar-refractivity contribution is -0.123. The Morgan fingerprint density at radius 2 is 2.00 bits per heavy atom. The van der Waals surface area contributed by atoms with Crippen LogP contribution in [0.3, 0.4) is 0 Å². The van der Waals surface area contributed by atoms with Gasteiger partial charge in [0.25, 0.3) is 0 Å². The van der Waals surface area contributed by atoms with Crippen LogP contribution < -0.4 is 4.74 Å². The van der Waals surface area contributed by atoms with Crippen molar-refractivity contribution in [1.29, 1.82) is 0 Å². The molecule has 0 saturated carbocycles. The molecule has 1 aromatic carbocycles. The maximum absolute atomic E-state index is 6.44. The van der Waals surface area contributed by atoms with Gasteiger partial charge in [0.15, 0.2) is 0 Å². The van der Waals surface area contributed by atoms with Crippen molar-refractivity contribution in [2.45, 2.75) is 57.5 Å². The fourth-order valence-electron chi connectivity index (χ4n) is 3.55. The van der Waals surface area contributed by atoms with Crippen molar-refractivity contribution in [2.75, 3.05) is 7.11 Å². The highest BCUT2D eigenvalue weighted by atomic mass is 16.6. The van der Waals surface area contributed by atoms with Crippen LogP contribution in [-0.4, -0.2) is 24.4 Å². The van der Waals surface area contributed by atoms with Crippen LogP contribution in [0.1, 0.15) is 39.2 Å². The molecule has 0 N–H and O–H groups in total. The topological polar surface area (TPSA) is 27.7 Å². The van der Waals surface area contributed by atoms with E-state index in [-0.39, 0.29) is 17.3 Å². The van der Waals surface area contributed by atoms with E-state index in [1.807, 2.05) is 12.1 Å². The fourth-order valence-corrected chi connectivity index (χ4v) is 3.55. The van der Waals surface area contributed by atoms with Crippen molar-refractivity contribution >= 4 is 0 Å². The van der Waals surface area contributed by atoms with Gasteiger partial charge in [-0.25, -0.2) is 0 Å². The van der Waals surface area contributed by atoms with Crippen LogP contribution in [0, 0.1) is 5.92 Å². The highest BCUT2D eigenvalue weighted by Crippen LogP contribution is 2.49. The molecule has 120 valence electrons. The highest BCUT2D eigenvalue weighted by Gasteiger charge is 2.55. The maximum atomic E-state index is 6.44. The van der Waals surface area contributed by atoms with Gasteiger partial charge in [0.1, 0.15) is 11.4 Å². The Balaban J connectivity index is 1.69. The maximum Gasteiger partial charge on any atom is 0.118 e. The Labute approximate surface area is 133 Å². The second-order valence-corrected chi connectivity index (χ2v) is 6.96. The Morgan fingerprint density at radius 3 is 2.59 bits per heavy atom. The normalized spacial score (nSPS) is 33.4. The van der Waals surface area contributed by atoms with E-state index in [0.29, 0.717) is 12.5 Å². The molecule has 2 heterocycles. The summed E-state index contributed by atoms with van der Waals surface area (Å²) in [5.74, 6) is 1.36. The molecule has 0 spiro atoms. The Morgan fingerprint density at radius 1 is 1.27 bits per heavy atom. The number of rotatable bonds is 5. The third-order valence-corrected chi connectivity index (χ3v) is 5.17. The van der Waals surface area contributed by atoms with E-state index in [9.17, 15) is 0 Å². The van der Waals surface area contributed by atoms with Crippen molar-refractivity contribution in [2.24, 2.45) is 5.92 Å².